The Balaban J connectivity index is 1.42. The molecule has 0 aromatic carbocycles. The molecule has 8 nitrogen and oxygen atoms in total. The molecule has 0 fully saturated rings. The number of fused-ring (bicyclic) bond motifs is 2. The van der Waals surface area contributed by atoms with Gasteiger partial charge < -0.3 is 9.47 Å². The van der Waals surface area contributed by atoms with E-state index < -0.39 is 0 Å². The van der Waals surface area contributed by atoms with Crippen LogP contribution in [0.1, 0.15) is 15.6 Å². The molecule has 0 atom stereocenters. The monoisotopic (exact) mass is 363 g/mol. The van der Waals surface area contributed by atoms with Crippen molar-refractivity contribution in [1.29, 1.82) is 0 Å². The zero-order valence-electron chi connectivity index (χ0n) is 13.6. The number of amides is 1. The second kappa shape index (κ2) is 5.95. The standard InChI is InChI=1S/C17H13N7OS/c25-17(16-20-12-4-2-6-19-15(12)26-16)23-7-8-24-13(10-23)21-22-14(24)11-3-1-5-18-9-11/h1-6,9H,7-8,10H2. The maximum atomic E-state index is 12.8. The molecule has 0 saturated heterocycles. The number of nitrogens with zero attached hydrogens (tertiary/aromatic N) is 7. The normalized spacial score (nSPS) is 13.8. The molecule has 1 aliphatic heterocycles. The fourth-order valence-electron chi connectivity index (χ4n) is 3.04. The van der Waals surface area contributed by atoms with E-state index in [0.29, 0.717) is 24.6 Å². The van der Waals surface area contributed by atoms with Crippen LogP contribution in [-0.2, 0) is 13.1 Å². The maximum absolute atomic E-state index is 12.8. The number of thiazole rings is 1. The Bertz CT molecular complexity index is 1070. The molecule has 0 N–H and O–H groups in total. The summed E-state index contributed by atoms with van der Waals surface area (Å²) in [6.45, 7) is 1.64. The van der Waals surface area contributed by atoms with Gasteiger partial charge in [-0.1, -0.05) is 11.3 Å². The zero-order chi connectivity index (χ0) is 17.5. The molecule has 128 valence electrons. The van der Waals surface area contributed by atoms with Gasteiger partial charge in [0.25, 0.3) is 5.91 Å². The molecule has 4 aromatic heterocycles. The van der Waals surface area contributed by atoms with Crippen molar-refractivity contribution < 1.29 is 4.79 Å². The van der Waals surface area contributed by atoms with Crippen molar-refractivity contribution in [3.63, 3.8) is 0 Å². The molecule has 0 aliphatic carbocycles. The van der Waals surface area contributed by atoms with Gasteiger partial charge in [-0.15, -0.1) is 10.2 Å². The predicted molar refractivity (Wildman–Crippen MR) is 95.4 cm³/mol. The second-order valence-electron chi connectivity index (χ2n) is 5.91. The third-order valence-corrected chi connectivity index (χ3v) is 5.28. The number of hydrogen-bond donors (Lipinski definition) is 0. The molecule has 0 unspecified atom stereocenters. The van der Waals surface area contributed by atoms with Crippen molar-refractivity contribution >= 4 is 27.6 Å². The number of aromatic nitrogens is 6. The topological polar surface area (TPSA) is 89.7 Å². The summed E-state index contributed by atoms with van der Waals surface area (Å²) in [5.74, 6) is 1.46. The van der Waals surface area contributed by atoms with Crippen molar-refractivity contribution in [3.05, 3.63) is 53.7 Å². The fraction of sp³-hybridized carbons (Fsp3) is 0.176. The molecule has 1 amide bonds. The second-order valence-corrected chi connectivity index (χ2v) is 6.88. The van der Waals surface area contributed by atoms with Gasteiger partial charge in [0.2, 0.25) is 0 Å². The Hall–Kier alpha value is -3.20. The van der Waals surface area contributed by atoms with Crippen LogP contribution >= 0.6 is 11.3 Å². The minimum absolute atomic E-state index is 0.0924. The van der Waals surface area contributed by atoms with E-state index in [1.165, 1.54) is 11.3 Å². The van der Waals surface area contributed by atoms with Gasteiger partial charge in [0.1, 0.15) is 10.3 Å². The Morgan fingerprint density at radius 2 is 2.04 bits per heavy atom. The SMILES string of the molecule is O=C(c1nc2cccnc2s1)N1CCn2c(nnc2-c2cccnc2)C1. The van der Waals surface area contributed by atoms with E-state index >= 15 is 0 Å². The molecule has 0 radical (unpaired) electrons. The summed E-state index contributed by atoms with van der Waals surface area (Å²) in [6.07, 6.45) is 5.20. The van der Waals surface area contributed by atoms with Gasteiger partial charge in [-0.2, -0.15) is 0 Å². The van der Waals surface area contributed by atoms with E-state index in [0.717, 1.165) is 27.6 Å². The number of pyridine rings is 2. The predicted octanol–water partition coefficient (Wildman–Crippen LogP) is 2.00. The molecular weight excluding hydrogens is 350 g/mol. The quantitative estimate of drug-likeness (QED) is 0.541. The summed E-state index contributed by atoms with van der Waals surface area (Å²) >= 11 is 1.32. The van der Waals surface area contributed by atoms with Crippen molar-refractivity contribution in [2.75, 3.05) is 6.54 Å². The van der Waals surface area contributed by atoms with Crippen LogP contribution in [0.5, 0.6) is 0 Å². The van der Waals surface area contributed by atoms with Crippen molar-refractivity contribution in [2.45, 2.75) is 13.1 Å². The lowest BCUT2D eigenvalue weighted by molar-refractivity contribution is 0.0708. The van der Waals surface area contributed by atoms with Gasteiger partial charge in [-0.25, -0.2) is 9.97 Å². The Morgan fingerprint density at radius 3 is 2.88 bits per heavy atom. The summed E-state index contributed by atoms with van der Waals surface area (Å²) in [4.78, 5) is 28.2. The fourth-order valence-corrected chi connectivity index (χ4v) is 3.91. The van der Waals surface area contributed by atoms with Crippen LogP contribution in [0.4, 0.5) is 0 Å². The van der Waals surface area contributed by atoms with Gasteiger partial charge in [0.15, 0.2) is 16.7 Å². The van der Waals surface area contributed by atoms with Crippen molar-refractivity contribution in [3.8, 4) is 11.4 Å². The molecule has 9 heteroatoms. The minimum atomic E-state index is -0.0924. The highest BCUT2D eigenvalue weighted by atomic mass is 32.1. The van der Waals surface area contributed by atoms with Gasteiger partial charge in [0, 0.05) is 37.2 Å². The van der Waals surface area contributed by atoms with Crippen LogP contribution in [0, 0.1) is 0 Å². The third-order valence-electron chi connectivity index (χ3n) is 4.31. The lowest BCUT2D eigenvalue weighted by Gasteiger charge is -2.27. The summed E-state index contributed by atoms with van der Waals surface area (Å²) < 4.78 is 2.04. The maximum Gasteiger partial charge on any atom is 0.283 e. The van der Waals surface area contributed by atoms with E-state index in [9.17, 15) is 4.79 Å². The van der Waals surface area contributed by atoms with E-state index in [1.54, 1.807) is 23.5 Å². The average Bonchev–Trinajstić information content (AvgIpc) is 3.31. The van der Waals surface area contributed by atoms with E-state index in [4.69, 9.17) is 0 Å². The largest absolute Gasteiger partial charge is 0.327 e. The van der Waals surface area contributed by atoms with Crippen LogP contribution in [0.15, 0.2) is 42.9 Å². The van der Waals surface area contributed by atoms with E-state index in [2.05, 4.69) is 25.1 Å². The number of rotatable bonds is 2. The lowest BCUT2D eigenvalue weighted by Crippen LogP contribution is -2.38. The average molecular weight is 363 g/mol. The molecule has 0 saturated carbocycles. The van der Waals surface area contributed by atoms with Crippen LogP contribution in [-0.4, -0.2) is 47.1 Å². The van der Waals surface area contributed by atoms with Gasteiger partial charge >= 0.3 is 0 Å². The zero-order valence-corrected chi connectivity index (χ0v) is 14.4. The van der Waals surface area contributed by atoms with E-state index in [-0.39, 0.29) is 5.91 Å². The van der Waals surface area contributed by atoms with Crippen molar-refractivity contribution in [2.24, 2.45) is 0 Å². The Labute approximate surface area is 152 Å². The van der Waals surface area contributed by atoms with Gasteiger partial charge in [0.05, 0.1) is 6.54 Å². The van der Waals surface area contributed by atoms with Gasteiger partial charge in [-0.3, -0.25) is 9.78 Å². The van der Waals surface area contributed by atoms with E-state index in [1.807, 2.05) is 28.8 Å². The summed E-state index contributed by atoms with van der Waals surface area (Å²) in [5.41, 5.74) is 1.67. The molecule has 5 heterocycles. The highest BCUT2D eigenvalue weighted by Crippen LogP contribution is 2.24. The summed E-state index contributed by atoms with van der Waals surface area (Å²) in [6, 6.07) is 7.51. The van der Waals surface area contributed by atoms with Crippen LogP contribution < -0.4 is 0 Å². The third kappa shape index (κ3) is 2.44. The first kappa shape index (κ1) is 15.1. The van der Waals surface area contributed by atoms with Crippen LogP contribution in [0.25, 0.3) is 21.7 Å². The van der Waals surface area contributed by atoms with Crippen molar-refractivity contribution in [1.82, 2.24) is 34.6 Å². The van der Waals surface area contributed by atoms with Gasteiger partial charge in [-0.05, 0) is 24.3 Å². The number of carbonyl (C=O) groups excluding carboxylic acids is 1. The highest BCUT2D eigenvalue weighted by Gasteiger charge is 2.27. The number of hydrogen-bond acceptors (Lipinski definition) is 7. The molecule has 5 rings (SSSR count). The molecular formula is C17H13N7OS. The molecule has 4 aromatic rings. The molecule has 0 bridgehead atoms. The first-order chi connectivity index (χ1) is 12.8. The summed E-state index contributed by atoms with van der Waals surface area (Å²) in [7, 11) is 0. The first-order valence-electron chi connectivity index (χ1n) is 8.13. The highest BCUT2D eigenvalue weighted by molar-refractivity contribution is 7.19. The first-order valence-corrected chi connectivity index (χ1v) is 8.94. The smallest absolute Gasteiger partial charge is 0.283 e. The van der Waals surface area contributed by atoms with Crippen LogP contribution in [0.2, 0.25) is 0 Å². The molecule has 0 spiro atoms. The lowest BCUT2D eigenvalue weighted by atomic mass is 10.2. The summed E-state index contributed by atoms with van der Waals surface area (Å²) in [5, 5.41) is 9.00. The minimum Gasteiger partial charge on any atom is -0.327 e. The molecule has 26 heavy (non-hydrogen) atoms. The Morgan fingerprint density at radius 1 is 1.12 bits per heavy atom. The Kier molecular flexibility index (Phi) is 3.45. The number of carbonyl (C=O) groups is 1. The molecule has 1 aliphatic rings. The van der Waals surface area contributed by atoms with Crippen LogP contribution in [0.3, 0.4) is 0 Å².